The predicted octanol–water partition coefficient (Wildman–Crippen LogP) is 2.74. The molecule has 0 saturated carbocycles. The Kier molecular flexibility index (Phi) is 8.38. The van der Waals surface area contributed by atoms with E-state index in [-0.39, 0.29) is 16.8 Å². The number of aryl methyl sites for hydroxylation is 1. The summed E-state index contributed by atoms with van der Waals surface area (Å²) in [6.45, 7) is 5.50. The zero-order valence-electron chi connectivity index (χ0n) is 20.1. The number of hydrogen-bond acceptors (Lipinski definition) is 9. The van der Waals surface area contributed by atoms with Gasteiger partial charge in [0.25, 0.3) is 0 Å². The average Bonchev–Trinajstić information content (AvgIpc) is 3.30. The first-order valence-corrected chi connectivity index (χ1v) is 15.4. The number of aromatic nitrogens is 3. The molecule has 2 N–H and O–H groups in total. The van der Waals surface area contributed by atoms with Crippen molar-refractivity contribution in [3.05, 3.63) is 36.0 Å². The second-order valence-electron chi connectivity index (χ2n) is 8.39. The number of rotatable bonds is 9. The minimum Gasteiger partial charge on any atom is -0.329 e. The lowest BCUT2D eigenvalue weighted by Crippen LogP contribution is -2.49. The van der Waals surface area contributed by atoms with Gasteiger partial charge in [-0.2, -0.15) is 0 Å². The first kappa shape index (κ1) is 26.0. The minimum absolute atomic E-state index is 0.00263. The molecule has 0 bridgehead atoms. The van der Waals surface area contributed by atoms with Crippen LogP contribution in [0.1, 0.15) is 5.69 Å². The first-order chi connectivity index (χ1) is 16.8. The lowest BCUT2D eigenvalue weighted by atomic mass is 10.3. The van der Waals surface area contributed by atoms with E-state index in [9.17, 15) is 13.2 Å². The van der Waals surface area contributed by atoms with Crippen molar-refractivity contribution in [1.29, 1.82) is 0 Å². The molecular weight excluding hydrogens is 504 g/mol. The first-order valence-electron chi connectivity index (χ1n) is 11.3. The number of carbonyl (C=O) groups excluding carboxylic acids is 1. The summed E-state index contributed by atoms with van der Waals surface area (Å²) < 4.78 is 25.5. The Morgan fingerprint density at radius 3 is 2.49 bits per heavy atom. The topological polar surface area (TPSA) is 111 Å². The van der Waals surface area contributed by atoms with E-state index < -0.39 is 9.84 Å². The predicted molar refractivity (Wildman–Crippen MR) is 142 cm³/mol. The van der Waals surface area contributed by atoms with E-state index >= 15 is 0 Å². The van der Waals surface area contributed by atoms with Crippen LogP contribution in [0, 0.1) is 6.92 Å². The molecule has 1 fully saturated rings. The van der Waals surface area contributed by atoms with Crippen LogP contribution in [-0.2, 0) is 14.6 Å². The van der Waals surface area contributed by atoms with Crippen LogP contribution in [0.5, 0.6) is 0 Å². The highest BCUT2D eigenvalue weighted by molar-refractivity contribution is 7.99. The number of thioether (sulfide) groups is 2. The number of piperazine rings is 1. The molecule has 1 aliphatic rings. The molecule has 1 aliphatic heterocycles. The molecule has 188 valence electrons. The minimum atomic E-state index is -3.50. The number of pyridine rings is 1. The third-order valence-electron chi connectivity index (χ3n) is 5.93. The van der Waals surface area contributed by atoms with Crippen LogP contribution in [-0.4, -0.2) is 96.6 Å². The molecule has 1 amide bonds. The van der Waals surface area contributed by atoms with E-state index in [4.69, 9.17) is 0 Å². The lowest BCUT2D eigenvalue weighted by molar-refractivity contribution is -0.117. The van der Waals surface area contributed by atoms with Crippen molar-refractivity contribution < 1.29 is 13.2 Å². The van der Waals surface area contributed by atoms with Crippen LogP contribution in [0.25, 0.3) is 11.0 Å². The molecule has 2 aromatic heterocycles. The third-order valence-corrected chi connectivity index (χ3v) is 8.87. The van der Waals surface area contributed by atoms with Gasteiger partial charge in [0.15, 0.2) is 0 Å². The van der Waals surface area contributed by atoms with Gasteiger partial charge >= 0.3 is 0 Å². The van der Waals surface area contributed by atoms with Gasteiger partial charge in [-0.3, -0.25) is 14.6 Å². The van der Waals surface area contributed by atoms with E-state index in [1.54, 1.807) is 17.8 Å². The van der Waals surface area contributed by atoms with Crippen molar-refractivity contribution in [2.45, 2.75) is 22.0 Å². The van der Waals surface area contributed by atoms with Crippen LogP contribution >= 0.6 is 23.5 Å². The van der Waals surface area contributed by atoms with Crippen molar-refractivity contribution in [2.75, 3.05) is 62.8 Å². The van der Waals surface area contributed by atoms with E-state index in [1.807, 2.05) is 43.7 Å². The number of benzene rings is 1. The van der Waals surface area contributed by atoms with Gasteiger partial charge in [-0.1, -0.05) is 12.1 Å². The van der Waals surface area contributed by atoms with Gasteiger partial charge in [0.2, 0.25) is 20.9 Å². The summed E-state index contributed by atoms with van der Waals surface area (Å²) in [5.41, 5.74) is 3.06. The molecule has 0 spiro atoms. The van der Waals surface area contributed by atoms with E-state index in [2.05, 4.69) is 30.1 Å². The molecule has 0 unspecified atom stereocenters. The Bertz CT molecular complexity index is 1240. The van der Waals surface area contributed by atoms with Crippen molar-refractivity contribution >= 4 is 56.0 Å². The van der Waals surface area contributed by atoms with Crippen molar-refractivity contribution in [2.24, 2.45) is 0 Å². The number of carbonyl (C=O) groups is 1. The van der Waals surface area contributed by atoms with Crippen molar-refractivity contribution in [3.8, 4) is 0 Å². The molecule has 35 heavy (non-hydrogen) atoms. The normalized spacial score (nSPS) is 15.5. The highest BCUT2D eigenvalue weighted by atomic mass is 32.2. The zero-order chi connectivity index (χ0) is 25.0. The lowest BCUT2D eigenvalue weighted by Gasteiger charge is -2.34. The Morgan fingerprint density at radius 2 is 1.80 bits per heavy atom. The Balaban J connectivity index is 1.27. The molecule has 0 aliphatic carbocycles. The fourth-order valence-corrected chi connectivity index (χ4v) is 6.52. The standard InChI is InChI=1S/C23H30N6O3S3/c1-16-14-19(33-2)21(22(24-16)34-3)27-20(30)15-29-10-8-28(9-11-29)12-13-35(31,32)23-25-17-6-4-5-7-18(17)26-23/h4-7,14H,8-13,15H2,1-3H3,(H,25,26)(H,27,30). The van der Waals surface area contributed by atoms with Gasteiger partial charge in [0, 0.05) is 43.3 Å². The summed E-state index contributed by atoms with van der Waals surface area (Å²) in [6.07, 6.45) is 3.94. The van der Waals surface area contributed by atoms with Gasteiger partial charge in [0.05, 0.1) is 29.0 Å². The molecule has 3 heterocycles. The molecule has 0 radical (unpaired) electrons. The number of imidazole rings is 1. The van der Waals surface area contributed by atoms with Crippen LogP contribution < -0.4 is 5.32 Å². The van der Waals surface area contributed by atoms with Crippen LogP contribution in [0.3, 0.4) is 0 Å². The number of H-pyrrole nitrogens is 1. The number of nitrogens with zero attached hydrogens (tertiary/aromatic N) is 4. The second-order valence-corrected chi connectivity index (χ2v) is 12.1. The van der Waals surface area contributed by atoms with Crippen molar-refractivity contribution in [3.63, 3.8) is 0 Å². The SMILES string of the molecule is CSc1cc(C)nc(SC)c1NC(=O)CN1CCN(CCS(=O)(=O)c2nc3ccccc3[nH]2)CC1. The van der Waals surface area contributed by atoms with Crippen LogP contribution in [0.2, 0.25) is 0 Å². The van der Waals surface area contributed by atoms with Gasteiger partial charge in [-0.15, -0.1) is 23.5 Å². The molecular formula is C23H30N6O3S3. The Hall–Kier alpha value is -2.12. The van der Waals surface area contributed by atoms with Gasteiger partial charge in [-0.05, 0) is 37.6 Å². The number of hydrogen-bond donors (Lipinski definition) is 2. The second kappa shape index (κ2) is 11.3. The van der Waals surface area contributed by atoms with E-state index in [0.29, 0.717) is 50.3 Å². The molecule has 1 aromatic carbocycles. The number of para-hydroxylation sites is 2. The summed E-state index contributed by atoms with van der Waals surface area (Å²) >= 11 is 3.11. The highest BCUT2D eigenvalue weighted by Gasteiger charge is 2.24. The van der Waals surface area contributed by atoms with Gasteiger partial charge in [0.1, 0.15) is 5.03 Å². The van der Waals surface area contributed by atoms with Gasteiger partial charge < -0.3 is 10.3 Å². The Labute approximate surface area is 214 Å². The van der Waals surface area contributed by atoms with E-state index in [1.165, 1.54) is 11.8 Å². The molecule has 9 nitrogen and oxygen atoms in total. The third kappa shape index (κ3) is 6.36. The Morgan fingerprint density at radius 1 is 1.09 bits per heavy atom. The largest absolute Gasteiger partial charge is 0.329 e. The fourth-order valence-electron chi connectivity index (χ4n) is 4.02. The number of sulfone groups is 1. The summed E-state index contributed by atoms with van der Waals surface area (Å²) in [6, 6.07) is 9.27. The smallest absolute Gasteiger partial charge is 0.238 e. The van der Waals surface area contributed by atoms with E-state index in [0.717, 1.165) is 21.3 Å². The maximum atomic E-state index is 12.8. The van der Waals surface area contributed by atoms with Gasteiger partial charge in [-0.25, -0.2) is 18.4 Å². The van der Waals surface area contributed by atoms with Crippen LogP contribution in [0.15, 0.2) is 45.4 Å². The summed E-state index contributed by atoms with van der Waals surface area (Å²) in [4.78, 5) is 29.7. The monoisotopic (exact) mass is 534 g/mol. The summed E-state index contributed by atoms with van der Waals surface area (Å²) in [5, 5.41) is 3.89. The molecule has 0 atom stereocenters. The summed E-state index contributed by atoms with van der Waals surface area (Å²) in [7, 11) is -3.50. The maximum absolute atomic E-state index is 12.8. The molecule has 12 heteroatoms. The molecule has 3 aromatic rings. The molecule has 1 saturated heterocycles. The fraction of sp³-hybridized carbons (Fsp3) is 0.435. The number of aromatic amines is 1. The molecule has 4 rings (SSSR count). The quantitative estimate of drug-likeness (QED) is 0.400. The average molecular weight is 535 g/mol. The number of anilines is 1. The number of fused-ring (bicyclic) bond motifs is 1. The number of amides is 1. The summed E-state index contributed by atoms with van der Waals surface area (Å²) in [5.74, 6) is -0.0648. The van der Waals surface area contributed by atoms with Crippen molar-refractivity contribution in [1.82, 2.24) is 24.8 Å². The zero-order valence-corrected chi connectivity index (χ0v) is 22.5. The van der Waals surface area contributed by atoms with Crippen LogP contribution in [0.4, 0.5) is 5.69 Å². The number of nitrogens with one attached hydrogen (secondary N) is 2. The highest BCUT2D eigenvalue weighted by Crippen LogP contribution is 2.33. The maximum Gasteiger partial charge on any atom is 0.238 e.